The maximum atomic E-state index is 12.2. The Labute approximate surface area is 115 Å². The zero-order valence-corrected chi connectivity index (χ0v) is 12.1. The van der Waals surface area contributed by atoms with Crippen LogP contribution in [0.5, 0.6) is 0 Å². The van der Waals surface area contributed by atoms with Crippen molar-refractivity contribution >= 4 is 5.91 Å². The van der Waals surface area contributed by atoms with Gasteiger partial charge in [-0.2, -0.15) is 0 Å². The molecule has 1 aromatic carbocycles. The SMILES string of the molecule is C[N+](C)(C)CCCNC(=O)c1ccc(CCF)cc1. The summed E-state index contributed by atoms with van der Waals surface area (Å²) in [4.78, 5) is 11.8. The predicted molar refractivity (Wildman–Crippen MR) is 76.0 cm³/mol. The number of nitrogens with zero attached hydrogens (tertiary/aromatic N) is 1. The molecule has 4 heteroatoms. The fraction of sp³-hybridized carbons (Fsp3) is 0.533. The third kappa shape index (κ3) is 6.34. The predicted octanol–water partition coefficient (Wildman–Crippen LogP) is 2.02. The highest BCUT2D eigenvalue weighted by Crippen LogP contribution is 2.05. The van der Waals surface area contributed by atoms with Crippen LogP contribution >= 0.6 is 0 Å². The fourth-order valence-corrected chi connectivity index (χ4v) is 1.79. The number of hydrogen-bond acceptors (Lipinski definition) is 1. The molecular formula is C15H24FN2O+. The molecule has 1 aromatic rings. The highest BCUT2D eigenvalue weighted by Gasteiger charge is 2.08. The van der Waals surface area contributed by atoms with Gasteiger partial charge in [0.05, 0.1) is 34.4 Å². The van der Waals surface area contributed by atoms with E-state index in [1.807, 2.05) is 0 Å². The molecule has 0 fully saturated rings. The summed E-state index contributed by atoms with van der Waals surface area (Å²) in [5.41, 5.74) is 1.55. The first-order chi connectivity index (χ1) is 8.92. The third-order valence-electron chi connectivity index (χ3n) is 2.89. The van der Waals surface area contributed by atoms with E-state index in [9.17, 15) is 9.18 Å². The van der Waals surface area contributed by atoms with Crippen LogP contribution in [0.25, 0.3) is 0 Å². The summed E-state index contributed by atoms with van der Waals surface area (Å²) in [6, 6.07) is 7.11. The Bertz CT molecular complexity index is 396. The molecule has 0 aliphatic carbocycles. The Morgan fingerprint density at radius 2 is 1.84 bits per heavy atom. The van der Waals surface area contributed by atoms with E-state index in [0.29, 0.717) is 18.5 Å². The zero-order chi connectivity index (χ0) is 14.3. The van der Waals surface area contributed by atoms with Gasteiger partial charge in [-0.05, 0) is 17.7 Å². The first-order valence-corrected chi connectivity index (χ1v) is 6.66. The lowest BCUT2D eigenvalue weighted by Crippen LogP contribution is -2.37. The molecule has 0 unspecified atom stereocenters. The molecule has 1 N–H and O–H groups in total. The maximum Gasteiger partial charge on any atom is 0.251 e. The quantitative estimate of drug-likeness (QED) is 0.594. The van der Waals surface area contributed by atoms with E-state index >= 15 is 0 Å². The van der Waals surface area contributed by atoms with Crippen molar-refractivity contribution in [1.29, 1.82) is 0 Å². The second-order valence-corrected chi connectivity index (χ2v) is 5.76. The zero-order valence-electron chi connectivity index (χ0n) is 12.1. The van der Waals surface area contributed by atoms with Crippen LogP contribution in [-0.4, -0.2) is 51.3 Å². The van der Waals surface area contributed by atoms with Crippen molar-refractivity contribution in [2.45, 2.75) is 12.8 Å². The number of halogens is 1. The number of quaternary nitrogens is 1. The Hall–Kier alpha value is -1.42. The van der Waals surface area contributed by atoms with Crippen LogP contribution in [0.3, 0.4) is 0 Å². The first-order valence-electron chi connectivity index (χ1n) is 6.66. The van der Waals surface area contributed by atoms with E-state index in [2.05, 4.69) is 26.5 Å². The summed E-state index contributed by atoms with van der Waals surface area (Å²) < 4.78 is 13.1. The smallest absolute Gasteiger partial charge is 0.251 e. The highest BCUT2D eigenvalue weighted by atomic mass is 19.1. The van der Waals surface area contributed by atoms with Crippen molar-refractivity contribution in [2.75, 3.05) is 40.9 Å². The number of rotatable bonds is 7. The average Bonchev–Trinajstić information content (AvgIpc) is 2.34. The lowest BCUT2D eigenvalue weighted by atomic mass is 10.1. The monoisotopic (exact) mass is 267 g/mol. The van der Waals surface area contributed by atoms with Crippen molar-refractivity contribution < 1.29 is 13.7 Å². The number of carbonyl (C=O) groups is 1. The molecule has 0 aliphatic rings. The minimum Gasteiger partial charge on any atom is -0.352 e. The number of carbonyl (C=O) groups excluding carboxylic acids is 1. The number of nitrogens with one attached hydrogen (secondary N) is 1. The standard InChI is InChI=1S/C15H23FN2O/c1-18(2,3)12-4-11-17-15(19)14-7-5-13(6-8-14)9-10-16/h5-8H,4,9-12H2,1-3H3/p+1. The number of aryl methyl sites for hydroxylation is 1. The van der Waals surface area contributed by atoms with Crippen molar-refractivity contribution in [3.05, 3.63) is 35.4 Å². The van der Waals surface area contributed by atoms with Crippen molar-refractivity contribution in [2.24, 2.45) is 0 Å². The van der Waals surface area contributed by atoms with E-state index in [0.717, 1.165) is 23.0 Å². The molecule has 0 spiro atoms. The van der Waals surface area contributed by atoms with Gasteiger partial charge in [0.1, 0.15) is 0 Å². The molecule has 0 bridgehead atoms. The molecule has 1 rings (SSSR count). The number of benzene rings is 1. The van der Waals surface area contributed by atoms with Crippen LogP contribution in [0.2, 0.25) is 0 Å². The molecule has 0 atom stereocenters. The molecule has 0 saturated carbocycles. The van der Waals surface area contributed by atoms with Crippen molar-refractivity contribution in [1.82, 2.24) is 5.32 Å². The van der Waals surface area contributed by atoms with Gasteiger partial charge < -0.3 is 9.80 Å². The minimum absolute atomic E-state index is 0.0618. The molecule has 1 amide bonds. The highest BCUT2D eigenvalue weighted by molar-refractivity contribution is 5.94. The van der Waals surface area contributed by atoms with Crippen LogP contribution < -0.4 is 5.32 Å². The van der Waals surface area contributed by atoms with Gasteiger partial charge in [-0.15, -0.1) is 0 Å². The molecule has 0 radical (unpaired) electrons. The first kappa shape index (κ1) is 15.6. The van der Waals surface area contributed by atoms with E-state index in [1.165, 1.54) is 0 Å². The molecule has 106 valence electrons. The summed E-state index contributed by atoms with van der Waals surface area (Å²) in [7, 11) is 6.39. The van der Waals surface area contributed by atoms with Gasteiger partial charge >= 0.3 is 0 Å². The Morgan fingerprint density at radius 1 is 1.21 bits per heavy atom. The van der Waals surface area contributed by atoms with Gasteiger partial charge in [-0.3, -0.25) is 9.18 Å². The summed E-state index contributed by atoms with van der Waals surface area (Å²) in [6.07, 6.45) is 1.36. The summed E-state index contributed by atoms with van der Waals surface area (Å²) >= 11 is 0. The lowest BCUT2D eigenvalue weighted by molar-refractivity contribution is -0.870. The van der Waals surface area contributed by atoms with Gasteiger partial charge in [0.25, 0.3) is 5.91 Å². The normalized spacial score (nSPS) is 11.4. The van der Waals surface area contributed by atoms with Gasteiger partial charge in [0, 0.05) is 24.9 Å². The second kappa shape index (κ2) is 7.24. The summed E-state index contributed by atoms with van der Waals surface area (Å²) in [5, 5.41) is 2.90. The van der Waals surface area contributed by atoms with Gasteiger partial charge in [0.2, 0.25) is 0 Å². The van der Waals surface area contributed by atoms with Gasteiger partial charge in [0.15, 0.2) is 0 Å². The van der Waals surface area contributed by atoms with Crippen LogP contribution in [0.4, 0.5) is 4.39 Å². The van der Waals surface area contributed by atoms with E-state index in [1.54, 1.807) is 24.3 Å². The van der Waals surface area contributed by atoms with E-state index in [-0.39, 0.29) is 12.6 Å². The molecule has 0 saturated heterocycles. The van der Waals surface area contributed by atoms with E-state index < -0.39 is 0 Å². The Balaban J connectivity index is 2.37. The summed E-state index contributed by atoms with van der Waals surface area (Å²) in [5.74, 6) is -0.0618. The molecule has 3 nitrogen and oxygen atoms in total. The number of amides is 1. The third-order valence-corrected chi connectivity index (χ3v) is 2.89. The fourth-order valence-electron chi connectivity index (χ4n) is 1.79. The Kier molecular flexibility index (Phi) is 5.96. The van der Waals surface area contributed by atoms with Crippen LogP contribution in [0.1, 0.15) is 22.3 Å². The molecule has 19 heavy (non-hydrogen) atoms. The lowest BCUT2D eigenvalue weighted by Gasteiger charge is -2.23. The van der Waals surface area contributed by atoms with Crippen LogP contribution in [0, 0.1) is 0 Å². The Morgan fingerprint density at radius 3 is 2.37 bits per heavy atom. The minimum atomic E-state index is -0.364. The van der Waals surface area contributed by atoms with Crippen molar-refractivity contribution in [3.8, 4) is 0 Å². The molecule has 0 aliphatic heterocycles. The van der Waals surface area contributed by atoms with Gasteiger partial charge in [-0.1, -0.05) is 12.1 Å². The topological polar surface area (TPSA) is 29.1 Å². The molecular weight excluding hydrogens is 243 g/mol. The molecule has 0 aromatic heterocycles. The number of alkyl halides is 1. The summed E-state index contributed by atoms with van der Waals surface area (Å²) in [6.45, 7) is 1.34. The number of hydrogen-bond donors (Lipinski definition) is 1. The maximum absolute atomic E-state index is 12.2. The van der Waals surface area contributed by atoms with Gasteiger partial charge in [-0.25, -0.2) is 0 Å². The average molecular weight is 267 g/mol. The van der Waals surface area contributed by atoms with E-state index in [4.69, 9.17) is 0 Å². The largest absolute Gasteiger partial charge is 0.352 e. The second-order valence-electron chi connectivity index (χ2n) is 5.76. The molecule has 0 heterocycles. The van der Waals surface area contributed by atoms with Crippen LogP contribution in [-0.2, 0) is 6.42 Å². The van der Waals surface area contributed by atoms with Crippen molar-refractivity contribution in [3.63, 3.8) is 0 Å². The van der Waals surface area contributed by atoms with Crippen LogP contribution in [0.15, 0.2) is 24.3 Å².